The van der Waals surface area contributed by atoms with Crippen molar-refractivity contribution < 1.29 is 19.4 Å². The lowest BCUT2D eigenvalue weighted by atomic mass is 10.2. The molecular formula is C20H23N3O4. The van der Waals surface area contributed by atoms with Crippen LogP contribution >= 0.6 is 0 Å². The minimum Gasteiger partial charge on any atom is -0.394 e. The third-order valence-corrected chi connectivity index (χ3v) is 4.35. The zero-order valence-corrected chi connectivity index (χ0v) is 14.9. The summed E-state index contributed by atoms with van der Waals surface area (Å²) < 4.78 is 5.34. The normalized spacial score (nSPS) is 15.1. The van der Waals surface area contributed by atoms with Crippen molar-refractivity contribution in [3.8, 4) is 0 Å². The number of benzene rings is 2. The monoisotopic (exact) mass is 369 g/mol. The molecule has 2 amide bonds. The number of anilines is 2. The maximum atomic E-state index is 12.4. The lowest BCUT2D eigenvalue weighted by molar-refractivity contribution is -0.118. The van der Waals surface area contributed by atoms with Crippen molar-refractivity contribution in [2.45, 2.75) is 6.04 Å². The molecule has 0 aromatic heterocycles. The van der Waals surface area contributed by atoms with E-state index in [1.54, 1.807) is 42.5 Å². The highest BCUT2D eigenvalue weighted by molar-refractivity contribution is 6.01. The highest BCUT2D eigenvalue weighted by atomic mass is 16.5. The zero-order valence-electron chi connectivity index (χ0n) is 14.9. The number of nitrogens with zero attached hydrogens (tertiary/aromatic N) is 1. The second-order valence-corrected chi connectivity index (χ2v) is 6.21. The molecule has 3 rings (SSSR count). The summed E-state index contributed by atoms with van der Waals surface area (Å²) in [6, 6.07) is 15.0. The molecule has 2 aromatic carbocycles. The van der Waals surface area contributed by atoms with Gasteiger partial charge in [0.25, 0.3) is 5.91 Å². The highest BCUT2D eigenvalue weighted by Gasteiger charge is 2.21. The number of carbonyl (C=O) groups excluding carboxylic acids is 2. The maximum Gasteiger partial charge on any atom is 0.251 e. The molecule has 0 aliphatic carbocycles. The number of aliphatic hydroxyl groups is 1. The van der Waals surface area contributed by atoms with Crippen molar-refractivity contribution in [1.29, 1.82) is 0 Å². The molecule has 1 atom stereocenters. The lowest BCUT2D eigenvalue weighted by Gasteiger charge is -2.29. The van der Waals surface area contributed by atoms with Gasteiger partial charge in [-0.25, -0.2) is 0 Å². The van der Waals surface area contributed by atoms with Gasteiger partial charge in [0, 0.05) is 30.0 Å². The van der Waals surface area contributed by atoms with Crippen LogP contribution in [0, 0.1) is 0 Å². The van der Waals surface area contributed by atoms with Crippen LogP contribution in [0.5, 0.6) is 0 Å². The molecule has 1 aliphatic heterocycles. The van der Waals surface area contributed by atoms with Gasteiger partial charge in [-0.3, -0.25) is 9.59 Å². The Balaban J connectivity index is 1.58. The highest BCUT2D eigenvalue weighted by Crippen LogP contribution is 2.19. The number of hydrogen-bond donors (Lipinski definition) is 3. The van der Waals surface area contributed by atoms with E-state index in [0.29, 0.717) is 24.5 Å². The maximum absolute atomic E-state index is 12.4. The average molecular weight is 369 g/mol. The van der Waals surface area contributed by atoms with E-state index < -0.39 is 24.5 Å². The predicted octanol–water partition coefficient (Wildman–Crippen LogP) is 1.25. The molecule has 7 nitrogen and oxygen atoms in total. The van der Waals surface area contributed by atoms with E-state index in [1.807, 2.05) is 12.1 Å². The van der Waals surface area contributed by atoms with Crippen LogP contribution in [0.3, 0.4) is 0 Å². The molecule has 1 saturated heterocycles. The first-order valence-electron chi connectivity index (χ1n) is 8.88. The lowest BCUT2D eigenvalue weighted by Crippen LogP contribution is -2.46. The molecule has 1 fully saturated rings. The van der Waals surface area contributed by atoms with E-state index in [2.05, 4.69) is 15.5 Å². The van der Waals surface area contributed by atoms with Crippen LogP contribution in [0.2, 0.25) is 0 Å². The molecule has 3 N–H and O–H groups in total. The van der Waals surface area contributed by atoms with E-state index in [9.17, 15) is 14.7 Å². The third-order valence-electron chi connectivity index (χ3n) is 4.35. The first-order valence-corrected chi connectivity index (χ1v) is 8.88. The second-order valence-electron chi connectivity index (χ2n) is 6.21. The second kappa shape index (κ2) is 9.16. The molecule has 2 aromatic rings. The fourth-order valence-electron chi connectivity index (χ4n) is 2.83. The van der Waals surface area contributed by atoms with Gasteiger partial charge in [-0.2, -0.15) is 0 Å². The van der Waals surface area contributed by atoms with Crippen LogP contribution < -0.4 is 15.5 Å². The summed E-state index contributed by atoms with van der Waals surface area (Å²) in [4.78, 5) is 26.8. The van der Waals surface area contributed by atoms with Crippen LogP contribution in [0.15, 0.2) is 54.6 Å². The molecule has 1 aliphatic rings. The van der Waals surface area contributed by atoms with Crippen LogP contribution in [0.1, 0.15) is 10.4 Å². The molecule has 0 radical (unpaired) electrons. The largest absolute Gasteiger partial charge is 0.394 e. The van der Waals surface area contributed by atoms with E-state index in [-0.39, 0.29) is 0 Å². The zero-order chi connectivity index (χ0) is 19.1. The molecule has 0 bridgehead atoms. The van der Waals surface area contributed by atoms with Crippen molar-refractivity contribution in [2.75, 3.05) is 43.1 Å². The van der Waals surface area contributed by atoms with Crippen LogP contribution in [-0.4, -0.2) is 55.9 Å². The Bertz CT molecular complexity index is 759. The number of amides is 2. The molecule has 0 spiro atoms. The molecule has 142 valence electrons. The summed E-state index contributed by atoms with van der Waals surface area (Å²) in [5, 5.41) is 14.8. The SMILES string of the molecule is O=C(NC(CO)C(=O)Nc1ccc(N2CCOCC2)cc1)c1ccccc1. The minimum atomic E-state index is -1.03. The van der Waals surface area contributed by atoms with Gasteiger partial charge in [-0.1, -0.05) is 18.2 Å². The Labute approximate surface area is 157 Å². The number of nitrogens with one attached hydrogen (secondary N) is 2. The summed E-state index contributed by atoms with van der Waals surface area (Å²) in [5.41, 5.74) is 2.09. The van der Waals surface area contributed by atoms with Crippen molar-refractivity contribution >= 4 is 23.2 Å². The van der Waals surface area contributed by atoms with Crippen LogP contribution in [-0.2, 0) is 9.53 Å². The fraction of sp³-hybridized carbons (Fsp3) is 0.300. The number of morpholine rings is 1. The minimum absolute atomic E-state index is 0.410. The van der Waals surface area contributed by atoms with Crippen LogP contribution in [0.4, 0.5) is 11.4 Å². The van der Waals surface area contributed by atoms with Gasteiger partial charge in [0.1, 0.15) is 6.04 Å². The quantitative estimate of drug-likeness (QED) is 0.713. The average Bonchev–Trinajstić information content (AvgIpc) is 2.73. The van der Waals surface area contributed by atoms with Gasteiger partial charge in [-0.05, 0) is 36.4 Å². The Morgan fingerprint density at radius 1 is 1.04 bits per heavy atom. The number of aliphatic hydroxyl groups excluding tert-OH is 1. The number of ether oxygens (including phenoxy) is 1. The summed E-state index contributed by atoms with van der Waals surface area (Å²) >= 11 is 0. The summed E-state index contributed by atoms with van der Waals surface area (Å²) in [7, 11) is 0. The van der Waals surface area contributed by atoms with Crippen LogP contribution in [0.25, 0.3) is 0 Å². The number of hydrogen-bond acceptors (Lipinski definition) is 5. The third kappa shape index (κ3) is 5.06. The Hall–Kier alpha value is -2.90. The molecule has 0 saturated carbocycles. The van der Waals surface area contributed by atoms with Crippen molar-refractivity contribution in [3.63, 3.8) is 0 Å². The van der Waals surface area contributed by atoms with Crippen molar-refractivity contribution in [2.24, 2.45) is 0 Å². The number of rotatable bonds is 6. The fourth-order valence-corrected chi connectivity index (χ4v) is 2.83. The predicted molar refractivity (Wildman–Crippen MR) is 103 cm³/mol. The standard InChI is InChI=1S/C20H23N3O4/c24-14-18(22-19(25)15-4-2-1-3-5-15)20(26)21-16-6-8-17(9-7-16)23-10-12-27-13-11-23/h1-9,18,24H,10-14H2,(H,21,26)(H,22,25). The van der Waals surface area contributed by atoms with E-state index in [4.69, 9.17) is 4.74 Å². The topological polar surface area (TPSA) is 90.9 Å². The van der Waals surface area contributed by atoms with Gasteiger partial charge < -0.3 is 25.4 Å². The molecule has 1 heterocycles. The molecule has 27 heavy (non-hydrogen) atoms. The van der Waals surface area contributed by atoms with E-state index in [0.717, 1.165) is 18.8 Å². The first kappa shape index (κ1) is 18.9. The van der Waals surface area contributed by atoms with Gasteiger partial charge >= 0.3 is 0 Å². The number of carbonyl (C=O) groups is 2. The van der Waals surface area contributed by atoms with Gasteiger partial charge in [0.05, 0.1) is 19.8 Å². The molecule has 1 unspecified atom stereocenters. The summed E-state index contributed by atoms with van der Waals surface area (Å²) in [5.74, 6) is -0.881. The first-order chi connectivity index (χ1) is 13.2. The van der Waals surface area contributed by atoms with Gasteiger partial charge in [0.15, 0.2) is 0 Å². The molecule has 7 heteroatoms. The van der Waals surface area contributed by atoms with E-state index in [1.165, 1.54) is 0 Å². The van der Waals surface area contributed by atoms with E-state index >= 15 is 0 Å². The Morgan fingerprint density at radius 2 is 1.70 bits per heavy atom. The molecular weight excluding hydrogens is 346 g/mol. The Kier molecular flexibility index (Phi) is 6.40. The van der Waals surface area contributed by atoms with Crippen molar-refractivity contribution in [3.05, 3.63) is 60.2 Å². The van der Waals surface area contributed by atoms with Crippen molar-refractivity contribution in [1.82, 2.24) is 5.32 Å². The van der Waals surface area contributed by atoms with Gasteiger partial charge in [0.2, 0.25) is 5.91 Å². The summed E-state index contributed by atoms with van der Waals surface area (Å²) in [6.45, 7) is 2.60. The summed E-state index contributed by atoms with van der Waals surface area (Å²) in [6.07, 6.45) is 0. The Morgan fingerprint density at radius 3 is 2.33 bits per heavy atom. The smallest absolute Gasteiger partial charge is 0.251 e. The van der Waals surface area contributed by atoms with Gasteiger partial charge in [-0.15, -0.1) is 0 Å².